The van der Waals surface area contributed by atoms with Crippen LogP contribution >= 0.6 is 0 Å². The van der Waals surface area contributed by atoms with Crippen LogP contribution in [0.15, 0.2) is 0 Å². The first kappa shape index (κ1) is 16.8. The van der Waals surface area contributed by atoms with Gasteiger partial charge >= 0.3 is 6.09 Å². The van der Waals surface area contributed by atoms with Gasteiger partial charge < -0.3 is 10.1 Å². The fourth-order valence-electron chi connectivity index (χ4n) is 2.18. The molecular weight excluding hydrogens is 256 g/mol. The third kappa shape index (κ3) is 5.39. The SMILES string of the molecule is CC(C)CCNC(=O)[C@H]1CCCN1C(=O)OC(C)(C)C. The second-order valence-corrected chi connectivity index (χ2v) is 6.81. The lowest BCUT2D eigenvalue weighted by molar-refractivity contribution is -0.125. The molecule has 0 saturated carbocycles. The van der Waals surface area contributed by atoms with Crippen molar-refractivity contribution in [2.45, 2.75) is 65.5 Å². The molecule has 1 heterocycles. The smallest absolute Gasteiger partial charge is 0.410 e. The lowest BCUT2D eigenvalue weighted by Gasteiger charge is -2.28. The molecular formula is C15H28N2O3. The Morgan fingerprint density at radius 2 is 2.00 bits per heavy atom. The van der Waals surface area contributed by atoms with E-state index in [1.807, 2.05) is 20.8 Å². The van der Waals surface area contributed by atoms with Crippen LogP contribution in [-0.4, -0.2) is 41.6 Å². The monoisotopic (exact) mass is 284 g/mol. The van der Waals surface area contributed by atoms with Crippen molar-refractivity contribution in [3.63, 3.8) is 0 Å². The molecule has 0 spiro atoms. The number of nitrogens with zero attached hydrogens (tertiary/aromatic N) is 1. The summed E-state index contributed by atoms with van der Waals surface area (Å²) in [7, 11) is 0. The first-order valence-electron chi connectivity index (χ1n) is 7.48. The maximum Gasteiger partial charge on any atom is 0.410 e. The first-order valence-corrected chi connectivity index (χ1v) is 7.48. The van der Waals surface area contributed by atoms with Crippen LogP contribution in [0.5, 0.6) is 0 Å². The fraction of sp³-hybridized carbons (Fsp3) is 0.867. The third-order valence-corrected chi connectivity index (χ3v) is 3.20. The molecule has 1 saturated heterocycles. The van der Waals surface area contributed by atoms with Crippen molar-refractivity contribution < 1.29 is 14.3 Å². The van der Waals surface area contributed by atoms with Crippen molar-refractivity contribution in [1.29, 1.82) is 0 Å². The summed E-state index contributed by atoms with van der Waals surface area (Å²) in [5, 5.41) is 2.92. The van der Waals surface area contributed by atoms with E-state index in [1.54, 1.807) is 4.90 Å². The molecule has 0 aliphatic carbocycles. The topological polar surface area (TPSA) is 58.6 Å². The summed E-state index contributed by atoms with van der Waals surface area (Å²) in [5.74, 6) is 0.495. The maximum absolute atomic E-state index is 12.1. The minimum atomic E-state index is -0.529. The van der Waals surface area contributed by atoms with Crippen LogP contribution in [0.1, 0.15) is 53.9 Å². The zero-order chi connectivity index (χ0) is 15.3. The van der Waals surface area contributed by atoms with E-state index in [-0.39, 0.29) is 18.0 Å². The highest BCUT2D eigenvalue weighted by Gasteiger charge is 2.36. The molecule has 0 unspecified atom stereocenters. The van der Waals surface area contributed by atoms with E-state index in [1.165, 1.54) is 0 Å². The number of rotatable bonds is 4. The summed E-state index contributed by atoms with van der Waals surface area (Å²) in [6.07, 6.45) is 2.12. The molecule has 0 radical (unpaired) electrons. The van der Waals surface area contributed by atoms with Gasteiger partial charge in [0.25, 0.3) is 0 Å². The summed E-state index contributed by atoms with van der Waals surface area (Å²) in [5.41, 5.74) is -0.529. The van der Waals surface area contributed by atoms with E-state index < -0.39 is 5.60 Å². The van der Waals surface area contributed by atoms with Gasteiger partial charge in [-0.25, -0.2) is 4.79 Å². The Morgan fingerprint density at radius 3 is 2.55 bits per heavy atom. The van der Waals surface area contributed by atoms with Gasteiger partial charge in [0, 0.05) is 13.1 Å². The summed E-state index contributed by atoms with van der Waals surface area (Å²) < 4.78 is 5.35. The summed E-state index contributed by atoms with van der Waals surface area (Å²) >= 11 is 0. The van der Waals surface area contributed by atoms with E-state index in [2.05, 4.69) is 19.2 Å². The summed E-state index contributed by atoms with van der Waals surface area (Å²) in [6, 6.07) is -0.378. The molecule has 2 amide bonds. The number of hydrogen-bond donors (Lipinski definition) is 1. The number of likely N-dealkylation sites (tertiary alicyclic amines) is 1. The Morgan fingerprint density at radius 1 is 1.35 bits per heavy atom. The number of hydrogen-bond acceptors (Lipinski definition) is 3. The van der Waals surface area contributed by atoms with E-state index in [0.29, 0.717) is 25.4 Å². The molecule has 1 rings (SSSR count). The average Bonchev–Trinajstić information content (AvgIpc) is 2.74. The van der Waals surface area contributed by atoms with Gasteiger partial charge in [-0.1, -0.05) is 13.8 Å². The van der Waals surface area contributed by atoms with E-state index >= 15 is 0 Å². The van der Waals surface area contributed by atoms with Crippen LogP contribution in [0.25, 0.3) is 0 Å². The number of carbonyl (C=O) groups is 2. The van der Waals surface area contributed by atoms with Gasteiger partial charge in [0.1, 0.15) is 11.6 Å². The molecule has 1 aliphatic rings. The fourth-order valence-corrected chi connectivity index (χ4v) is 2.18. The number of carbonyl (C=O) groups excluding carboxylic acids is 2. The molecule has 116 valence electrons. The van der Waals surface area contributed by atoms with Crippen LogP contribution in [0, 0.1) is 5.92 Å². The highest BCUT2D eigenvalue weighted by Crippen LogP contribution is 2.21. The molecule has 1 fully saturated rings. The summed E-state index contributed by atoms with van der Waals surface area (Å²) in [6.45, 7) is 11.0. The van der Waals surface area contributed by atoms with E-state index in [0.717, 1.165) is 12.8 Å². The van der Waals surface area contributed by atoms with E-state index in [9.17, 15) is 9.59 Å². The first-order chi connectivity index (χ1) is 9.20. The largest absolute Gasteiger partial charge is 0.444 e. The van der Waals surface area contributed by atoms with Gasteiger partial charge in [0.05, 0.1) is 0 Å². The molecule has 5 heteroatoms. The van der Waals surface area contributed by atoms with E-state index in [4.69, 9.17) is 4.74 Å². The maximum atomic E-state index is 12.1. The minimum absolute atomic E-state index is 0.0611. The Labute approximate surface area is 122 Å². The van der Waals surface area contributed by atoms with Gasteiger partial charge in [0.15, 0.2) is 0 Å². The zero-order valence-corrected chi connectivity index (χ0v) is 13.4. The third-order valence-electron chi connectivity index (χ3n) is 3.20. The molecule has 0 aromatic carbocycles. The van der Waals surface area contributed by atoms with Crippen LogP contribution in [-0.2, 0) is 9.53 Å². The Kier molecular flexibility index (Phi) is 5.84. The molecule has 5 nitrogen and oxygen atoms in total. The molecule has 1 atom stereocenters. The van der Waals surface area contributed by atoms with Crippen molar-refractivity contribution in [3.8, 4) is 0 Å². The molecule has 0 aromatic heterocycles. The minimum Gasteiger partial charge on any atom is -0.444 e. The zero-order valence-electron chi connectivity index (χ0n) is 13.4. The van der Waals surface area contributed by atoms with Gasteiger partial charge in [0.2, 0.25) is 5.91 Å². The number of amides is 2. The standard InChI is InChI=1S/C15H28N2O3/c1-11(2)8-9-16-13(18)12-7-6-10-17(12)14(19)20-15(3,4)5/h11-12H,6-10H2,1-5H3,(H,16,18)/t12-/m1/s1. The summed E-state index contributed by atoms with van der Waals surface area (Å²) in [4.78, 5) is 25.8. The normalized spacial score (nSPS) is 19.3. The molecule has 0 bridgehead atoms. The van der Waals surface area contributed by atoms with Crippen molar-refractivity contribution in [2.24, 2.45) is 5.92 Å². The van der Waals surface area contributed by atoms with Crippen LogP contribution < -0.4 is 5.32 Å². The predicted octanol–water partition coefficient (Wildman–Crippen LogP) is 2.55. The average molecular weight is 284 g/mol. The highest BCUT2D eigenvalue weighted by atomic mass is 16.6. The molecule has 1 aliphatic heterocycles. The lowest BCUT2D eigenvalue weighted by atomic mass is 10.1. The van der Waals surface area contributed by atoms with Gasteiger partial charge in [-0.2, -0.15) is 0 Å². The Balaban J connectivity index is 2.51. The van der Waals surface area contributed by atoms with Gasteiger partial charge in [-0.3, -0.25) is 9.69 Å². The Bertz CT molecular complexity index is 348. The second kappa shape index (κ2) is 6.95. The van der Waals surface area contributed by atoms with Gasteiger partial charge in [-0.05, 0) is 46.0 Å². The lowest BCUT2D eigenvalue weighted by Crippen LogP contribution is -2.47. The van der Waals surface area contributed by atoms with Crippen molar-refractivity contribution in [1.82, 2.24) is 10.2 Å². The van der Waals surface area contributed by atoms with Crippen molar-refractivity contribution in [3.05, 3.63) is 0 Å². The van der Waals surface area contributed by atoms with Crippen molar-refractivity contribution >= 4 is 12.0 Å². The Hall–Kier alpha value is -1.26. The van der Waals surface area contributed by atoms with Crippen LogP contribution in [0.4, 0.5) is 4.79 Å². The van der Waals surface area contributed by atoms with Crippen LogP contribution in [0.3, 0.4) is 0 Å². The number of nitrogens with one attached hydrogen (secondary N) is 1. The predicted molar refractivity (Wildman–Crippen MR) is 78.4 cm³/mol. The molecule has 0 aromatic rings. The highest BCUT2D eigenvalue weighted by molar-refractivity contribution is 5.86. The van der Waals surface area contributed by atoms with Gasteiger partial charge in [-0.15, -0.1) is 0 Å². The van der Waals surface area contributed by atoms with Crippen molar-refractivity contribution in [2.75, 3.05) is 13.1 Å². The molecule has 1 N–H and O–H groups in total. The van der Waals surface area contributed by atoms with Crippen LogP contribution in [0.2, 0.25) is 0 Å². The molecule has 20 heavy (non-hydrogen) atoms. The number of ether oxygens (including phenoxy) is 1. The quantitative estimate of drug-likeness (QED) is 0.863. The second-order valence-electron chi connectivity index (χ2n) is 6.81.